The second kappa shape index (κ2) is 9.40. The Morgan fingerprint density at radius 3 is 2.55 bits per heavy atom. The Morgan fingerprint density at radius 2 is 1.90 bits per heavy atom. The third-order valence-corrected chi connectivity index (χ3v) is 5.94. The summed E-state index contributed by atoms with van der Waals surface area (Å²) in [5, 5.41) is 5.10. The first kappa shape index (κ1) is 21.3. The maximum absolute atomic E-state index is 13.6. The lowest BCUT2D eigenvalue weighted by Crippen LogP contribution is -2.34. The summed E-state index contributed by atoms with van der Waals surface area (Å²) in [5.74, 6) is -1.34. The van der Waals surface area contributed by atoms with Crippen molar-refractivity contribution >= 4 is 38.9 Å². The fraction of sp³-hybridized carbons (Fsp3) is 0.263. The number of sulfonamides is 1. The first-order chi connectivity index (χ1) is 13.8. The van der Waals surface area contributed by atoms with Crippen molar-refractivity contribution in [3.05, 3.63) is 59.9 Å². The van der Waals surface area contributed by atoms with Gasteiger partial charge in [0.2, 0.25) is 10.0 Å². The number of hydrogen-bond acceptors (Lipinski definition) is 5. The predicted molar refractivity (Wildman–Crippen MR) is 111 cm³/mol. The number of halogens is 1. The molecule has 1 fully saturated rings. The van der Waals surface area contributed by atoms with Crippen LogP contribution in [0.15, 0.2) is 53.4 Å². The second-order valence-electron chi connectivity index (χ2n) is 6.40. The highest BCUT2D eigenvalue weighted by atomic mass is 32.2. The summed E-state index contributed by atoms with van der Waals surface area (Å²) in [6.45, 7) is 0.884. The third kappa shape index (κ3) is 5.80. The van der Waals surface area contributed by atoms with E-state index in [-0.39, 0.29) is 28.2 Å². The van der Waals surface area contributed by atoms with Crippen molar-refractivity contribution in [3.63, 3.8) is 0 Å². The van der Waals surface area contributed by atoms with Crippen LogP contribution in [0.2, 0.25) is 0 Å². The van der Waals surface area contributed by atoms with Crippen LogP contribution in [0.4, 0.5) is 10.1 Å². The third-order valence-electron chi connectivity index (χ3n) is 4.29. The molecule has 154 valence electrons. The molecule has 1 saturated heterocycles. The first-order valence-electron chi connectivity index (χ1n) is 8.93. The molecule has 0 bridgehead atoms. The minimum Gasteiger partial charge on any atom is -0.377 e. The Labute approximate surface area is 173 Å². The van der Waals surface area contributed by atoms with Crippen LogP contribution in [0, 0.1) is 5.82 Å². The Bertz CT molecular complexity index is 991. The molecule has 1 heterocycles. The van der Waals surface area contributed by atoms with Crippen molar-refractivity contribution in [2.75, 3.05) is 18.5 Å². The molecule has 3 N–H and O–H groups in total. The lowest BCUT2D eigenvalue weighted by molar-refractivity contribution is 0.0973. The fourth-order valence-electron chi connectivity index (χ4n) is 2.79. The van der Waals surface area contributed by atoms with Gasteiger partial charge in [0, 0.05) is 18.8 Å². The Balaban J connectivity index is 1.56. The van der Waals surface area contributed by atoms with Gasteiger partial charge in [0.1, 0.15) is 5.82 Å². The number of ether oxygens (including phenoxy) is 1. The zero-order chi connectivity index (χ0) is 20.9. The van der Waals surface area contributed by atoms with Gasteiger partial charge >= 0.3 is 0 Å². The topological polar surface area (TPSA) is 96.5 Å². The van der Waals surface area contributed by atoms with Gasteiger partial charge in [-0.1, -0.05) is 12.1 Å². The number of anilines is 1. The van der Waals surface area contributed by atoms with Gasteiger partial charge in [0.15, 0.2) is 5.11 Å². The van der Waals surface area contributed by atoms with Crippen LogP contribution < -0.4 is 15.4 Å². The lowest BCUT2D eigenvalue weighted by atomic mass is 10.2. The summed E-state index contributed by atoms with van der Waals surface area (Å²) in [4.78, 5) is 12.2. The van der Waals surface area contributed by atoms with E-state index in [0.29, 0.717) is 12.3 Å². The van der Waals surface area contributed by atoms with Crippen LogP contribution in [0.3, 0.4) is 0 Å². The molecule has 10 heteroatoms. The van der Waals surface area contributed by atoms with Crippen LogP contribution in [-0.4, -0.2) is 38.7 Å². The van der Waals surface area contributed by atoms with Crippen LogP contribution in [-0.2, 0) is 14.8 Å². The Hall–Kier alpha value is -2.40. The number of amides is 1. The SMILES string of the molecule is O=C(NC(=S)Nc1ccc(S(=O)(=O)NCC2CCCO2)cc1)c1ccccc1F. The highest BCUT2D eigenvalue weighted by Crippen LogP contribution is 2.16. The Kier molecular flexibility index (Phi) is 6.91. The highest BCUT2D eigenvalue weighted by Gasteiger charge is 2.20. The number of hydrogen-bond donors (Lipinski definition) is 3. The summed E-state index contributed by atoms with van der Waals surface area (Å²) in [6, 6.07) is 11.4. The van der Waals surface area contributed by atoms with Gasteiger partial charge < -0.3 is 10.1 Å². The summed E-state index contributed by atoms with van der Waals surface area (Å²) in [5.41, 5.74) is 0.345. The largest absolute Gasteiger partial charge is 0.377 e. The summed E-state index contributed by atoms with van der Waals surface area (Å²) < 4.78 is 46.3. The van der Waals surface area contributed by atoms with Crippen LogP contribution in [0.25, 0.3) is 0 Å². The normalized spacial score (nSPS) is 16.4. The molecule has 1 amide bonds. The van der Waals surface area contributed by atoms with E-state index in [4.69, 9.17) is 17.0 Å². The van der Waals surface area contributed by atoms with Crippen LogP contribution in [0.5, 0.6) is 0 Å². The number of rotatable bonds is 6. The molecule has 1 atom stereocenters. The van der Waals surface area contributed by atoms with E-state index in [1.807, 2.05) is 0 Å². The predicted octanol–water partition coefficient (Wildman–Crippen LogP) is 2.41. The monoisotopic (exact) mass is 437 g/mol. The fourth-order valence-corrected chi connectivity index (χ4v) is 4.06. The molecule has 0 radical (unpaired) electrons. The molecular formula is C19H20FN3O4S2. The van der Waals surface area contributed by atoms with Crippen molar-refractivity contribution in [2.45, 2.75) is 23.8 Å². The molecular weight excluding hydrogens is 417 g/mol. The standard InChI is InChI=1S/C19H20FN3O4S2/c20-17-6-2-1-5-16(17)18(24)23-19(28)22-13-7-9-15(10-8-13)29(25,26)21-12-14-4-3-11-27-14/h1-2,5-10,14,21H,3-4,11-12H2,(H2,22,23,24,28). The first-order valence-corrected chi connectivity index (χ1v) is 10.8. The summed E-state index contributed by atoms with van der Waals surface area (Å²) in [6.07, 6.45) is 1.67. The van der Waals surface area contributed by atoms with E-state index in [1.54, 1.807) is 6.07 Å². The minimum atomic E-state index is -3.65. The minimum absolute atomic E-state index is 0.0367. The second-order valence-corrected chi connectivity index (χ2v) is 8.57. The number of thiocarbonyl (C=S) groups is 1. The number of benzene rings is 2. The van der Waals surface area contributed by atoms with Crippen LogP contribution in [0.1, 0.15) is 23.2 Å². The van der Waals surface area contributed by atoms with E-state index in [2.05, 4.69) is 15.4 Å². The molecule has 2 aromatic carbocycles. The number of carbonyl (C=O) groups is 1. The average Bonchev–Trinajstić information content (AvgIpc) is 3.21. The quantitative estimate of drug-likeness (QED) is 0.601. The summed E-state index contributed by atoms with van der Waals surface area (Å²) >= 11 is 5.05. The molecule has 0 aromatic heterocycles. The van der Waals surface area contributed by atoms with E-state index in [1.165, 1.54) is 42.5 Å². The van der Waals surface area contributed by atoms with E-state index >= 15 is 0 Å². The number of carbonyl (C=O) groups excluding carboxylic acids is 1. The van der Waals surface area contributed by atoms with Gasteiger partial charge in [-0.05, 0) is 61.5 Å². The maximum Gasteiger partial charge on any atom is 0.260 e. The van der Waals surface area contributed by atoms with Gasteiger partial charge in [-0.2, -0.15) is 0 Å². The molecule has 1 aliphatic rings. The summed E-state index contributed by atoms with van der Waals surface area (Å²) in [7, 11) is -3.65. The molecule has 0 saturated carbocycles. The maximum atomic E-state index is 13.6. The molecule has 0 aliphatic carbocycles. The molecule has 2 aromatic rings. The van der Waals surface area contributed by atoms with Crippen LogP contribution >= 0.6 is 12.2 Å². The highest BCUT2D eigenvalue weighted by molar-refractivity contribution is 7.89. The van der Waals surface area contributed by atoms with Crippen molar-refractivity contribution in [2.24, 2.45) is 0 Å². The molecule has 0 spiro atoms. The van der Waals surface area contributed by atoms with Crippen molar-refractivity contribution < 1.29 is 22.3 Å². The molecule has 3 rings (SSSR count). The average molecular weight is 438 g/mol. The van der Waals surface area contributed by atoms with E-state index < -0.39 is 21.7 Å². The van der Waals surface area contributed by atoms with Gasteiger partial charge in [0.25, 0.3) is 5.91 Å². The Morgan fingerprint density at radius 1 is 1.17 bits per heavy atom. The van der Waals surface area contributed by atoms with Crippen molar-refractivity contribution in [3.8, 4) is 0 Å². The lowest BCUT2D eigenvalue weighted by Gasteiger charge is -2.13. The van der Waals surface area contributed by atoms with Crippen molar-refractivity contribution in [1.82, 2.24) is 10.0 Å². The van der Waals surface area contributed by atoms with Crippen molar-refractivity contribution in [1.29, 1.82) is 0 Å². The van der Waals surface area contributed by atoms with Gasteiger partial charge in [0.05, 0.1) is 16.6 Å². The molecule has 7 nitrogen and oxygen atoms in total. The van der Waals surface area contributed by atoms with Gasteiger partial charge in [-0.15, -0.1) is 0 Å². The molecule has 1 aliphatic heterocycles. The molecule has 1 unspecified atom stereocenters. The molecule has 29 heavy (non-hydrogen) atoms. The van der Waals surface area contributed by atoms with E-state index in [0.717, 1.165) is 12.8 Å². The van der Waals surface area contributed by atoms with Gasteiger partial charge in [-0.3, -0.25) is 10.1 Å². The van der Waals surface area contributed by atoms with E-state index in [9.17, 15) is 17.6 Å². The number of nitrogens with one attached hydrogen (secondary N) is 3. The smallest absolute Gasteiger partial charge is 0.260 e. The zero-order valence-electron chi connectivity index (χ0n) is 15.4. The zero-order valence-corrected chi connectivity index (χ0v) is 17.0. The van der Waals surface area contributed by atoms with Gasteiger partial charge in [-0.25, -0.2) is 17.5 Å².